The lowest BCUT2D eigenvalue weighted by Crippen LogP contribution is -2.44. The number of anilines is 1. The second kappa shape index (κ2) is 8.63. The number of aryl methyl sites for hydroxylation is 1. The summed E-state index contributed by atoms with van der Waals surface area (Å²) in [6.07, 6.45) is 1.85. The Kier molecular flexibility index (Phi) is 5.94. The van der Waals surface area contributed by atoms with Gasteiger partial charge < -0.3 is 20.2 Å². The average molecular weight is 428 g/mol. The molecule has 0 radical (unpaired) electrons. The molecule has 0 unspecified atom stereocenters. The summed E-state index contributed by atoms with van der Waals surface area (Å²) in [5.74, 6) is -0.123. The number of aromatic nitrogens is 2. The molecule has 2 heterocycles. The van der Waals surface area contributed by atoms with Crippen LogP contribution < -0.4 is 15.2 Å². The maximum Gasteiger partial charge on any atom is 0.351 e. The van der Waals surface area contributed by atoms with Crippen molar-refractivity contribution < 1.29 is 9.46 Å². The molecule has 4 rings (SSSR count). The molecule has 1 saturated heterocycles. The van der Waals surface area contributed by atoms with E-state index >= 15 is 0 Å². The molecule has 1 fully saturated rings. The van der Waals surface area contributed by atoms with E-state index in [0.717, 1.165) is 55.9 Å². The maximum atomic E-state index is 13.1. The molecule has 1 aliphatic rings. The molecule has 30 heavy (non-hydrogen) atoms. The Balaban J connectivity index is 1.59. The van der Waals surface area contributed by atoms with Crippen LogP contribution in [0.4, 0.5) is 5.82 Å². The van der Waals surface area contributed by atoms with E-state index in [2.05, 4.69) is 16.8 Å². The topological polar surface area (TPSA) is 86.4 Å². The van der Waals surface area contributed by atoms with Crippen LogP contribution in [-0.2, 0) is 6.42 Å². The van der Waals surface area contributed by atoms with Crippen molar-refractivity contribution in [2.75, 3.05) is 45.5 Å². The third kappa shape index (κ3) is 4.14. The highest BCUT2D eigenvalue weighted by Gasteiger charge is 2.25. The Morgan fingerprint density at radius 1 is 0.967 bits per heavy atom. The van der Waals surface area contributed by atoms with Crippen molar-refractivity contribution in [1.29, 1.82) is 0 Å². The molecule has 0 saturated carbocycles. The molecule has 1 aromatic heterocycles. The van der Waals surface area contributed by atoms with Crippen LogP contribution in [0.25, 0.3) is 22.3 Å². The summed E-state index contributed by atoms with van der Waals surface area (Å²) in [6.45, 7) is 5.42. The molecule has 2 N–H and O–H groups in total. The first kappa shape index (κ1) is 20.7. The number of piperazine rings is 1. The Bertz CT molecular complexity index is 1050. The second-order valence-corrected chi connectivity index (χ2v) is 8.34. The van der Waals surface area contributed by atoms with Crippen LogP contribution in [0.3, 0.4) is 0 Å². The zero-order valence-corrected chi connectivity index (χ0v) is 17.8. The summed E-state index contributed by atoms with van der Waals surface area (Å²) >= 11 is 5.95. The number of hydrogen-bond acceptors (Lipinski definition) is 5. The van der Waals surface area contributed by atoms with Crippen LogP contribution >= 0.6 is 11.6 Å². The van der Waals surface area contributed by atoms with Gasteiger partial charge in [0.2, 0.25) is 5.52 Å². The Hall–Kier alpha value is -2.61. The van der Waals surface area contributed by atoms with Gasteiger partial charge in [0, 0.05) is 37.3 Å². The molecule has 0 bridgehead atoms. The number of nitrogen functional groups attached to an aromatic ring is 1. The zero-order chi connectivity index (χ0) is 21.3. The molecule has 2 aromatic carbocycles. The molecule has 3 aromatic rings. The van der Waals surface area contributed by atoms with E-state index in [0.29, 0.717) is 20.8 Å². The molecule has 0 aliphatic carbocycles. The quantitative estimate of drug-likeness (QED) is 0.498. The summed E-state index contributed by atoms with van der Waals surface area (Å²) in [4.78, 5) is 4.81. The number of nitrogens with two attached hydrogens (primary N) is 1. The molecule has 0 spiro atoms. The minimum absolute atomic E-state index is 0.123. The van der Waals surface area contributed by atoms with Crippen molar-refractivity contribution in [3.8, 4) is 11.3 Å². The SMILES string of the molecule is CN1CCN(CCCc2ccc3c(c2)[n+]([O-])c(-c2ccc(Cl)cc2)c(N)[n+]3[O-])CC1. The van der Waals surface area contributed by atoms with Gasteiger partial charge in [0.25, 0.3) is 5.52 Å². The van der Waals surface area contributed by atoms with E-state index in [-0.39, 0.29) is 17.0 Å². The largest absolute Gasteiger partial charge is 0.710 e. The highest BCUT2D eigenvalue weighted by molar-refractivity contribution is 6.30. The van der Waals surface area contributed by atoms with Gasteiger partial charge in [0.05, 0.1) is 5.56 Å². The standard InChI is InChI=1S/C22H26ClN5O2/c1-25-11-13-26(14-12-25)10-2-3-16-4-9-19-20(15-16)27(29)21(22(24)28(19)30)17-5-7-18(23)8-6-17/h4-9,15H,2-3,10-14,24H2,1H3. The van der Waals surface area contributed by atoms with Crippen molar-refractivity contribution in [2.45, 2.75) is 12.8 Å². The smallest absolute Gasteiger partial charge is 0.351 e. The highest BCUT2D eigenvalue weighted by Crippen LogP contribution is 2.24. The average Bonchev–Trinajstić information content (AvgIpc) is 2.75. The summed E-state index contributed by atoms with van der Waals surface area (Å²) in [7, 11) is 2.15. The molecule has 0 atom stereocenters. The highest BCUT2D eigenvalue weighted by atomic mass is 35.5. The number of rotatable bonds is 5. The number of nitrogens with zero attached hydrogens (tertiary/aromatic N) is 4. The van der Waals surface area contributed by atoms with Crippen molar-refractivity contribution in [1.82, 2.24) is 9.80 Å². The maximum absolute atomic E-state index is 13.1. The number of hydrogen-bond donors (Lipinski definition) is 1. The summed E-state index contributed by atoms with van der Waals surface area (Å²) in [5, 5.41) is 26.4. The summed E-state index contributed by atoms with van der Waals surface area (Å²) in [5.41, 5.74) is 8.34. The van der Waals surface area contributed by atoms with Gasteiger partial charge in [-0.25, -0.2) is 4.73 Å². The fourth-order valence-electron chi connectivity index (χ4n) is 3.96. The van der Waals surface area contributed by atoms with E-state index in [9.17, 15) is 10.4 Å². The number of likely N-dealkylation sites (N-methyl/N-ethyl adjacent to an activating group) is 1. The zero-order valence-electron chi connectivity index (χ0n) is 17.1. The van der Waals surface area contributed by atoms with Crippen LogP contribution in [-0.4, -0.2) is 49.6 Å². The number of fused-ring (bicyclic) bond motifs is 1. The van der Waals surface area contributed by atoms with Crippen molar-refractivity contribution >= 4 is 28.5 Å². The van der Waals surface area contributed by atoms with Crippen molar-refractivity contribution in [3.63, 3.8) is 0 Å². The monoisotopic (exact) mass is 427 g/mol. The third-order valence-electron chi connectivity index (χ3n) is 5.80. The fourth-order valence-corrected chi connectivity index (χ4v) is 4.09. The molecule has 7 nitrogen and oxygen atoms in total. The van der Waals surface area contributed by atoms with Gasteiger partial charge in [-0.1, -0.05) is 17.7 Å². The predicted molar refractivity (Wildman–Crippen MR) is 119 cm³/mol. The first-order valence-electron chi connectivity index (χ1n) is 10.2. The molecular weight excluding hydrogens is 402 g/mol. The van der Waals surface area contributed by atoms with Gasteiger partial charge in [0.1, 0.15) is 0 Å². The van der Waals surface area contributed by atoms with Crippen LogP contribution in [0.15, 0.2) is 42.5 Å². The van der Waals surface area contributed by atoms with Crippen LogP contribution in [0.2, 0.25) is 5.02 Å². The van der Waals surface area contributed by atoms with Crippen molar-refractivity contribution in [2.24, 2.45) is 0 Å². The minimum Gasteiger partial charge on any atom is -0.710 e. The van der Waals surface area contributed by atoms with Gasteiger partial charge in [-0.05, 0) is 62.3 Å². The Morgan fingerprint density at radius 2 is 1.67 bits per heavy atom. The van der Waals surface area contributed by atoms with E-state index in [1.165, 1.54) is 0 Å². The van der Waals surface area contributed by atoms with Gasteiger partial charge in [-0.2, -0.15) is 4.73 Å². The molecule has 1 aliphatic heterocycles. The van der Waals surface area contributed by atoms with Crippen molar-refractivity contribution in [3.05, 3.63) is 63.5 Å². The number of benzene rings is 2. The molecule has 158 valence electrons. The first-order chi connectivity index (χ1) is 14.4. The Morgan fingerprint density at radius 3 is 2.37 bits per heavy atom. The van der Waals surface area contributed by atoms with Gasteiger partial charge in [0.15, 0.2) is 0 Å². The molecular formula is C22H26ClN5O2. The second-order valence-electron chi connectivity index (χ2n) is 7.90. The lowest BCUT2D eigenvalue weighted by molar-refractivity contribution is -0.609. The van der Waals surface area contributed by atoms with E-state index in [1.54, 1.807) is 36.4 Å². The van der Waals surface area contributed by atoms with E-state index in [1.807, 2.05) is 6.07 Å². The van der Waals surface area contributed by atoms with Gasteiger partial charge in [-0.15, -0.1) is 0 Å². The van der Waals surface area contributed by atoms with E-state index < -0.39 is 0 Å². The normalized spacial score (nSPS) is 15.7. The summed E-state index contributed by atoms with van der Waals surface area (Å²) in [6, 6.07) is 12.1. The number of halogens is 1. The van der Waals surface area contributed by atoms with Crippen LogP contribution in [0.1, 0.15) is 12.0 Å². The Labute approximate surface area is 181 Å². The third-order valence-corrected chi connectivity index (χ3v) is 6.05. The van der Waals surface area contributed by atoms with Crippen LogP contribution in [0, 0.1) is 10.4 Å². The van der Waals surface area contributed by atoms with Crippen LogP contribution in [0.5, 0.6) is 0 Å². The lowest BCUT2D eigenvalue weighted by Gasteiger charge is -2.32. The molecule has 8 heteroatoms. The molecule has 0 amide bonds. The lowest BCUT2D eigenvalue weighted by atomic mass is 10.1. The predicted octanol–water partition coefficient (Wildman–Crippen LogP) is 2.19. The summed E-state index contributed by atoms with van der Waals surface area (Å²) < 4.78 is 1.38. The van der Waals surface area contributed by atoms with Gasteiger partial charge >= 0.3 is 11.5 Å². The minimum atomic E-state index is -0.123. The fraction of sp³-hybridized carbons (Fsp3) is 0.364. The van der Waals surface area contributed by atoms with Gasteiger partial charge in [-0.3, -0.25) is 5.73 Å². The first-order valence-corrected chi connectivity index (χ1v) is 10.6. The van der Waals surface area contributed by atoms with E-state index in [4.69, 9.17) is 17.3 Å².